The molecule has 0 saturated carbocycles. The molecule has 0 spiro atoms. The topological polar surface area (TPSA) is 29.4 Å². The Bertz CT molecular complexity index is 126. The van der Waals surface area contributed by atoms with E-state index in [0.717, 1.165) is 6.21 Å². The number of rotatable bonds is 2. The quantitative estimate of drug-likeness (QED) is 0.456. The summed E-state index contributed by atoms with van der Waals surface area (Å²) in [6.07, 6.45) is 0.963. The van der Waals surface area contributed by atoms with Crippen LogP contribution in [-0.2, 0) is 4.79 Å². The van der Waals surface area contributed by atoms with E-state index in [4.69, 9.17) is 23.2 Å². The number of halogens is 3. The molecule has 0 aliphatic carbocycles. The fraction of sp³-hybridized carbons (Fsp3) is 0.500. The van der Waals surface area contributed by atoms with Crippen LogP contribution in [0.1, 0.15) is 0 Å². The van der Waals surface area contributed by atoms with Crippen LogP contribution in [0.3, 0.4) is 0 Å². The molecule has 0 unspecified atom stereocenters. The van der Waals surface area contributed by atoms with Gasteiger partial charge in [-0.05, 0) is 0 Å². The Labute approximate surface area is 61.7 Å². The molecule has 0 fully saturated rings. The number of aliphatic imine (C=N–C) groups is 1. The van der Waals surface area contributed by atoms with Crippen molar-refractivity contribution in [1.29, 1.82) is 0 Å². The van der Waals surface area contributed by atoms with Crippen molar-refractivity contribution >= 4 is 35.3 Å². The molecule has 9 heavy (non-hydrogen) atoms. The molecule has 0 rings (SSSR count). The van der Waals surface area contributed by atoms with Crippen LogP contribution in [0.15, 0.2) is 4.99 Å². The Hall–Kier alpha value is -0.150. The van der Waals surface area contributed by atoms with Crippen molar-refractivity contribution in [2.45, 2.75) is 4.84 Å². The molecule has 0 aliphatic rings. The first-order chi connectivity index (χ1) is 4.16. The third kappa shape index (κ3) is 5.73. The van der Waals surface area contributed by atoms with Gasteiger partial charge in [0.1, 0.15) is 4.84 Å². The first-order valence-electron chi connectivity index (χ1n) is 2.08. The molecule has 1 amide bonds. The van der Waals surface area contributed by atoms with E-state index in [1.807, 2.05) is 0 Å². The van der Waals surface area contributed by atoms with E-state index < -0.39 is 17.4 Å². The molecule has 0 radical (unpaired) electrons. The molecule has 0 aromatic carbocycles. The van der Waals surface area contributed by atoms with Crippen LogP contribution in [-0.4, -0.2) is 23.6 Å². The van der Waals surface area contributed by atoms with Crippen LogP contribution in [0.25, 0.3) is 0 Å². The lowest BCUT2D eigenvalue weighted by atomic mass is 10.7. The summed E-state index contributed by atoms with van der Waals surface area (Å²) in [6.45, 7) is -1.11. The second-order valence-electron chi connectivity index (χ2n) is 1.14. The van der Waals surface area contributed by atoms with Crippen molar-refractivity contribution in [2.75, 3.05) is 6.67 Å². The highest BCUT2D eigenvalue weighted by Crippen LogP contribution is 1.96. The first-order valence-corrected chi connectivity index (χ1v) is 2.95. The van der Waals surface area contributed by atoms with Crippen LogP contribution < -0.4 is 0 Å². The summed E-state index contributed by atoms with van der Waals surface area (Å²) in [4.78, 5) is 12.2. The number of nitrogens with zero attached hydrogens (tertiary/aromatic N) is 1. The van der Waals surface area contributed by atoms with E-state index in [2.05, 4.69) is 4.99 Å². The van der Waals surface area contributed by atoms with E-state index in [-0.39, 0.29) is 0 Å². The zero-order valence-electron chi connectivity index (χ0n) is 4.35. The lowest BCUT2D eigenvalue weighted by molar-refractivity contribution is -0.118. The van der Waals surface area contributed by atoms with Gasteiger partial charge in [0.25, 0.3) is 5.91 Å². The number of hydrogen-bond donors (Lipinski definition) is 0. The highest BCUT2D eigenvalue weighted by Gasteiger charge is 1.95. The third-order valence-electron chi connectivity index (χ3n) is 0.446. The van der Waals surface area contributed by atoms with Crippen molar-refractivity contribution < 1.29 is 9.18 Å². The Kier molecular flexibility index (Phi) is 4.62. The number of carbonyl (C=O) groups is 1. The van der Waals surface area contributed by atoms with Gasteiger partial charge in [0, 0.05) is 6.21 Å². The maximum atomic E-state index is 11.3. The predicted octanol–water partition coefficient (Wildman–Crippen LogP) is 1.36. The zero-order chi connectivity index (χ0) is 7.28. The van der Waals surface area contributed by atoms with Crippen LogP contribution in [0.5, 0.6) is 0 Å². The minimum Gasteiger partial charge on any atom is -0.270 e. The van der Waals surface area contributed by atoms with Gasteiger partial charge in [-0.2, -0.15) is 0 Å². The zero-order valence-corrected chi connectivity index (χ0v) is 5.86. The normalized spacial score (nSPS) is 11.1. The SMILES string of the molecule is O=C(CF)N=CC(Cl)Cl. The largest absolute Gasteiger partial charge is 0.276 e. The Morgan fingerprint density at radius 1 is 1.78 bits per heavy atom. The molecule has 0 saturated heterocycles. The highest BCUT2D eigenvalue weighted by atomic mass is 35.5. The summed E-state index contributed by atoms with van der Waals surface area (Å²) in [5, 5.41) is 0. The summed E-state index contributed by atoms with van der Waals surface area (Å²) < 4.78 is 11.3. The average Bonchev–Trinajstić information content (AvgIpc) is 1.83. The third-order valence-corrected chi connectivity index (χ3v) is 0.671. The molecule has 52 valence electrons. The van der Waals surface area contributed by atoms with E-state index in [0.29, 0.717) is 0 Å². The summed E-state index contributed by atoms with van der Waals surface area (Å²) in [5.41, 5.74) is 0. The maximum Gasteiger partial charge on any atom is 0.276 e. The molecular weight excluding hydrogens is 168 g/mol. The van der Waals surface area contributed by atoms with Crippen LogP contribution >= 0.6 is 23.2 Å². The molecule has 0 N–H and O–H groups in total. The molecule has 0 heterocycles. The summed E-state index contributed by atoms with van der Waals surface area (Å²) in [5.74, 6) is -0.874. The summed E-state index contributed by atoms with van der Waals surface area (Å²) in [6, 6.07) is 0. The molecule has 0 aliphatic heterocycles. The molecule has 5 heteroatoms. The van der Waals surface area contributed by atoms with Crippen molar-refractivity contribution in [3.63, 3.8) is 0 Å². The van der Waals surface area contributed by atoms with E-state index >= 15 is 0 Å². The Morgan fingerprint density at radius 3 is 2.67 bits per heavy atom. The minimum absolute atomic E-state index is 0.847. The van der Waals surface area contributed by atoms with Crippen molar-refractivity contribution in [1.82, 2.24) is 0 Å². The first kappa shape index (κ1) is 8.85. The van der Waals surface area contributed by atoms with Gasteiger partial charge in [0.05, 0.1) is 0 Å². The van der Waals surface area contributed by atoms with E-state index in [1.54, 1.807) is 0 Å². The highest BCUT2D eigenvalue weighted by molar-refractivity contribution is 6.51. The van der Waals surface area contributed by atoms with E-state index in [1.165, 1.54) is 0 Å². The van der Waals surface area contributed by atoms with Gasteiger partial charge >= 0.3 is 0 Å². The van der Waals surface area contributed by atoms with Gasteiger partial charge in [0.15, 0.2) is 6.67 Å². The number of amides is 1. The molecule has 0 bridgehead atoms. The predicted molar refractivity (Wildman–Crippen MR) is 35.0 cm³/mol. The summed E-state index contributed by atoms with van der Waals surface area (Å²) >= 11 is 10.2. The van der Waals surface area contributed by atoms with Gasteiger partial charge in [-0.3, -0.25) is 4.79 Å². The lowest BCUT2D eigenvalue weighted by Crippen LogP contribution is -1.97. The van der Waals surface area contributed by atoms with Crippen molar-refractivity contribution in [2.24, 2.45) is 4.99 Å². The number of alkyl halides is 3. The maximum absolute atomic E-state index is 11.3. The van der Waals surface area contributed by atoms with Gasteiger partial charge in [-0.25, -0.2) is 9.38 Å². The fourth-order valence-corrected chi connectivity index (χ4v) is 0.287. The average molecular weight is 172 g/mol. The second-order valence-corrected chi connectivity index (χ2v) is 2.30. The molecule has 0 atom stereocenters. The number of hydrogen-bond acceptors (Lipinski definition) is 1. The van der Waals surface area contributed by atoms with Crippen molar-refractivity contribution in [3.05, 3.63) is 0 Å². The van der Waals surface area contributed by atoms with Crippen LogP contribution in [0.4, 0.5) is 4.39 Å². The molecule has 0 aromatic rings. The van der Waals surface area contributed by atoms with Crippen LogP contribution in [0.2, 0.25) is 0 Å². The van der Waals surface area contributed by atoms with Gasteiger partial charge in [-0.15, -0.1) is 0 Å². The lowest BCUT2D eigenvalue weighted by Gasteiger charge is -1.85. The molecule has 2 nitrogen and oxygen atoms in total. The standard InChI is InChI=1S/C4H4Cl2FNO/c5-3(6)2-8-4(9)1-7/h2-3H,1H2. The van der Waals surface area contributed by atoms with Crippen LogP contribution in [0, 0.1) is 0 Å². The van der Waals surface area contributed by atoms with Gasteiger partial charge < -0.3 is 0 Å². The van der Waals surface area contributed by atoms with Gasteiger partial charge in [-0.1, -0.05) is 23.2 Å². The second kappa shape index (κ2) is 4.70. The minimum atomic E-state index is -1.11. The monoisotopic (exact) mass is 171 g/mol. The smallest absolute Gasteiger partial charge is 0.270 e. The number of carbonyl (C=O) groups excluding carboxylic acids is 1. The molecular formula is C4H4Cl2FNO. The summed E-state index contributed by atoms with van der Waals surface area (Å²) in [7, 11) is 0. The molecule has 0 aromatic heterocycles. The Balaban J connectivity index is 3.57. The van der Waals surface area contributed by atoms with Crippen molar-refractivity contribution in [3.8, 4) is 0 Å². The Morgan fingerprint density at radius 2 is 2.33 bits per heavy atom. The fourth-order valence-electron chi connectivity index (χ4n) is 0.174. The van der Waals surface area contributed by atoms with E-state index in [9.17, 15) is 9.18 Å². The van der Waals surface area contributed by atoms with Gasteiger partial charge in [0.2, 0.25) is 0 Å².